The molecule has 3 aromatic heterocycles. The van der Waals surface area contributed by atoms with Crippen molar-refractivity contribution < 1.29 is 4.79 Å². The zero-order valence-corrected chi connectivity index (χ0v) is 18.2. The van der Waals surface area contributed by atoms with Crippen molar-refractivity contribution in [3.63, 3.8) is 0 Å². The van der Waals surface area contributed by atoms with Gasteiger partial charge in [0, 0.05) is 30.7 Å². The Kier molecular flexibility index (Phi) is 8.18. The predicted octanol–water partition coefficient (Wildman–Crippen LogP) is 1.94. The molecule has 1 atom stereocenters. The van der Waals surface area contributed by atoms with E-state index in [4.69, 9.17) is 5.73 Å². The van der Waals surface area contributed by atoms with Crippen LogP contribution >= 0.6 is 23.7 Å². The number of aryl methyl sites for hydroxylation is 1. The molecule has 0 aliphatic rings. The molecule has 156 valence electrons. The van der Waals surface area contributed by atoms with Crippen molar-refractivity contribution in [1.29, 1.82) is 0 Å². The molecule has 0 bridgehead atoms. The molecule has 0 fully saturated rings. The number of nitrogens with one attached hydrogen (secondary N) is 1. The van der Waals surface area contributed by atoms with E-state index in [0.29, 0.717) is 30.4 Å². The van der Waals surface area contributed by atoms with E-state index >= 15 is 0 Å². The Morgan fingerprint density at radius 3 is 2.69 bits per heavy atom. The normalized spacial score (nSPS) is 11.9. The van der Waals surface area contributed by atoms with Gasteiger partial charge in [-0.2, -0.15) is 5.10 Å². The Hall–Kier alpha value is -2.43. The second-order valence-electron chi connectivity index (χ2n) is 6.76. The minimum atomic E-state index is -0.261. The number of carbonyl (C=O) groups is 1. The highest BCUT2D eigenvalue weighted by Gasteiger charge is 2.20. The van der Waals surface area contributed by atoms with E-state index in [1.54, 1.807) is 30.1 Å². The van der Waals surface area contributed by atoms with Gasteiger partial charge in [0.1, 0.15) is 18.2 Å². The molecule has 0 spiro atoms. The van der Waals surface area contributed by atoms with Crippen molar-refractivity contribution in [2.75, 3.05) is 6.54 Å². The molecule has 0 unspecified atom stereocenters. The number of aromatic nitrogens is 6. The van der Waals surface area contributed by atoms with Gasteiger partial charge in [-0.3, -0.25) is 4.79 Å². The van der Waals surface area contributed by atoms with Gasteiger partial charge >= 0.3 is 0 Å². The quantitative estimate of drug-likeness (QED) is 0.552. The summed E-state index contributed by atoms with van der Waals surface area (Å²) in [5.74, 6) is 1.92. The van der Waals surface area contributed by atoms with Crippen LogP contribution < -0.4 is 11.1 Å². The Bertz CT molecular complexity index is 927. The lowest BCUT2D eigenvalue weighted by Gasteiger charge is -2.15. The summed E-state index contributed by atoms with van der Waals surface area (Å²) in [6, 6.07) is 1.51. The van der Waals surface area contributed by atoms with Gasteiger partial charge in [-0.05, 0) is 18.9 Å². The summed E-state index contributed by atoms with van der Waals surface area (Å²) in [5, 5.41) is 9.92. The fraction of sp³-hybridized carbons (Fsp3) is 0.444. The smallest absolute Gasteiger partial charge is 0.241 e. The molecule has 3 rings (SSSR count). The Morgan fingerprint density at radius 1 is 1.28 bits per heavy atom. The first-order valence-electron chi connectivity index (χ1n) is 9.09. The molecule has 0 radical (unpaired) electrons. The first-order valence-corrected chi connectivity index (χ1v) is 9.97. The number of rotatable bonds is 8. The molecule has 0 saturated carbocycles. The van der Waals surface area contributed by atoms with Gasteiger partial charge < -0.3 is 11.1 Å². The third-order valence-corrected chi connectivity index (χ3v) is 5.02. The summed E-state index contributed by atoms with van der Waals surface area (Å²) in [4.78, 5) is 29.6. The Balaban J connectivity index is 0.00000300. The summed E-state index contributed by atoms with van der Waals surface area (Å²) in [7, 11) is 0. The van der Waals surface area contributed by atoms with Crippen molar-refractivity contribution in [2.24, 2.45) is 11.7 Å². The monoisotopic (exact) mass is 436 g/mol. The number of halogens is 1. The molecular weight excluding hydrogens is 412 g/mol. The minimum absolute atomic E-state index is 0. The van der Waals surface area contributed by atoms with Crippen molar-refractivity contribution in [3.05, 3.63) is 41.2 Å². The molecule has 0 aromatic carbocycles. The fourth-order valence-electron chi connectivity index (χ4n) is 2.59. The van der Waals surface area contributed by atoms with Crippen LogP contribution in [0.2, 0.25) is 0 Å². The molecule has 1 amide bonds. The highest BCUT2D eigenvalue weighted by atomic mass is 35.5. The third-order valence-electron chi connectivity index (χ3n) is 4.13. The standard InChI is InChI=1S/C18H24N8OS.ClH/c1-11(2)15(19)17-23-12(3)25-26(17)9-14(27)20-8-5-13-10-28-18(24-13)16-21-6-4-7-22-16;/h4,6-7,10-11,15H,5,8-9,19H2,1-3H3,(H,20,27);1H/t15-;/m0./s1. The summed E-state index contributed by atoms with van der Waals surface area (Å²) in [6.45, 7) is 6.40. The third kappa shape index (κ3) is 6.02. The van der Waals surface area contributed by atoms with E-state index in [-0.39, 0.29) is 36.8 Å². The molecule has 3 N–H and O–H groups in total. The molecule has 0 aliphatic heterocycles. The van der Waals surface area contributed by atoms with E-state index < -0.39 is 0 Å². The van der Waals surface area contributed by atoms with Gasteiger partial charge in [0.2, 0.25) is 5.91 Å². The lowest BCUT2D eigenvalue weighted by molar-refractivity contribution is -0.121. The van der Waals surface area contributed by atoms with Gasteiger partial charge in [-0.15, -0.1) is 23.7 Å². The molecule has 0 saturated heterocycles. The number of carbonyl (C=O) groups excluding carboxylic acids is 1. The van der Waals surface area contributed by atoms with Crippen LogP contribution in [0.1, 0.15) is 37.2 Å². The van der Waals surface area contributed by atoms with Crippen LogP contribution in [0.15, 0.2) is 23.8 Å². The van der Waals surface area contributed by atoms with E-state index in [1.165, 1.54) is 11.3 Å². The number of amides is 1. The maximum atomic E-state index is 12.3. The van der Waals surface area contributed by atoms with E-state index in [0.717, 1.165) is 10.7 Å². The largest absolute Gasteiger partial charge is 0.354 e. The van der Waals surface area contributed by atoms with Crippen molar-refractivity contribution in [3.8, 4) is 10.8 Å². The highest BCUT2D eigenvalue weighted by molar-refractivity contribution is 7.13. The predicted molar refractivity (Wildman–Crippen MR) is 114 cm³/mol. The topological polar surface area (TPSA) is 124 Å². The highest BCUT2D eigenvalue weighted by Crippen LogP contribution is 2.19. The van der Waals surface area contributed by atoms with E-state index in [9.17, 15) is 4.79 Å². The SMILES string of the molecule is Cc1nc([C@@H](N)C(C)C)n(CC(=O)NCCc2csc(-c3ncccn3)n2)n1.Cl. The van der Waals surface area contributed by atoms with Gasteiger partial charge in [-0.1, -0.05) is 13.8 Å². The Labute approximate surface area is 179 Å². The van der Waals surface area contributed by atoms with Crippen molar-refractivity contribution in [2.45, 2.75) is 39.8 Å². The van der Waals surface area contributed by atoms with Gasteiger partial charge in [0.05, 0.1) is 11.7 Å². The molecule has 29 heavy (non-hydrogen) atoms. The molecule has 3 aromatic rings. The van der Waals surface area contributed by atoms with Gasteiger partial charge in [-0.25, -0.2) is 24.6 Å². The second-order valence-corrected chi connectivity index (χ2v) is 7.62. The Morgan fingerprint density at radius 2 is 2.00 bits per heavy atom. The summed E-state index contributed by atoms with van der Waals surface area (Å²) >= 11 is 1.49. The van der Waals surface area contributed by atoms with Crippen LogP contribution in [0.3, 0.4) is 0 Å². The minimum Gasteiger partial charge on any atom is -0.354 e. The molecule has 9 nitrogen and oxygen atoms in total. The van der Waals surface area contributed by atoms with Crippen molar-refractivity contribution in [1.82, 2.24) is 35.0 Å². The fourth-order valence-corrected chi connectivity index (χ4v) is 3.39. The van der Waals surface area contributed by atoms with Gasteiger partial charge in [0.25, 0.3) is 0 Å². The number of nitrogens with zero attached hydrogens (tertiary/aromatic N) is 6. The van der Waals surface area contributed by atoms with E-state index in [2.05, 4.69) is 30.4 Å². The second kappa shape index (κ2) is 10.4. The number of hydrogen-bond acceptors (Lipinski definition) is 8. The first kappa shape index (κ1) is 22.9. The average molecular weight is 437 g/mol. The van der Waals surface area contributed by atoms with Crippen LogP contribution in [0.25, 0.3) is 10.8 Å². The molecule has 3 heterocycles. The molecular formula is C18H25ClN8OS. The van der Waals surface area contributed by atoms with Crippen LogP contribution in [0, 0.1) is 12.8 Å². The van der Waals surface area contributed by atoms with Crippen LogP contribution in [-0.2, 0) is 17.8 Å². The lowest BCUT2D eigenvalue weighted by atomic mass is 10.1. The summed E-state index contributed by atoms with van der Waals surface area (Å²) < 4.78 is 1.59. The maximum absolute atomic E-state index is 12.3. The van der Waals surface area contributed by atoms with Crippen LogP contribution in [0.5, 0.6) is 0 Å². The van der Waals surface area contributed by atoms with Gasteiger partial charge in [0.15, 0.2) is 10.8 Å². The number of hydrogen-bond donors (Lipinski definition) is 2. The van der Waals surface area contributed by atoms with E-state index in [1.807, 2.05) is 19.2 Å². The number of nitrogens with two attached hydrogens (primary N) is 1. The zero-order chi connectivity index (χ0) is 20.1. The molecule has 11 heteroatoms. The van der Waals surface area contributed by atoms with Crippen LogP contribution in [0.4, 0.5) is 0 Å². The average Bonchev–Trinajstić information content (AvgIpc) is 3.28. The lowest BCUT2D eigenvalue weighted by Crippen LogP contribution is -2.32. The van der Waals surface area contributed by atoms with Crippen molar-refractivity contribution >= 4 is 29.7 Å². The summed E-state index contributed by atoms with van der Waals surface area (Å²) in [6.07, 6.45) is 4.01. The number of thiazole rings is 1. The first-order chi connectivity index (χ1) is 13.4. The zero-order valence-electron chi connectivity index (χ0n) is 16.6. The van der Waals surface area contributed by atoms with Crippen LogP contribution in [-0.4, -0.2) is 42.2 Å². The maximum Gasteiger partial charge on any atom is 0.241 e. The summed E-state index contributed by atoms with van der Waals surface area (Å²) in [5.41, 5.74) is 7.08. The molecule has 0 aliphatic carbocycles.